The van der Waals surface area contributed by atoms with Gasteiger partial charge >= 0.3 is 0 Å². The molecule has 33 heavy (non-hydrogen) atoms. The highest BCUT2D eigenvalue weighted by Gasteiger charge is 2.16. The molecule has 2 unspecified atom stereocenters. The highest BCUT2D eigenvalue weighted by atomic mass is 16.7. The van der Waals surface area contributed by atoms with Crippen LogP contribution in [0.25, 0.3) is 11.4 Å². The highest BCUT2D eigenvalue weighted by Crippen LogP contribution is 2.18. The summed E-state index contributed by atoms with van der Waals surface area (Å²) in [5.74, 6) is 7.85. The Bertz CT molecular complexity index is 849. The van der Waals surface area contributed by atoms with Gasteiger partial charge in [-0.3, -0.25) is 0 Å². The van der Waals surface area contributed by atoms with Gasteiger partial charge in [0.1, 0.15) is 0 Å². The fourth-order valence-corrected chi connectivity index (χ4v) is 3.74. The molecule has 0 aliphatic carbocycles. The predicted molar refractivity (Wildman–Crippen MR) is 132 cm³/mol. The second kappa shape index (κ2) is 14.7. The van der Waals surface area contributed by atoms with Gasteiger partial charge in [-0.2, -0.15) is 0 Å². The fourth-order valence-electron chi connectivity index (χ4n) is 3.74. The number of nitrogens with zero attached hydrogens (tertiary/aromatic N) is 2. The number of rotatable bonds is 12. The van der Waals surface area contributed by atoms with Crippen molar-refractivity contribution in [3.05, 3.63) is 42.2 Å². The van der Waals surface area contributed by atoms with Crippen molar-refractivity contribution in [1.82, 2.24) is 9.97 Å². The molecule has 0 spiro atoms. The van der Waals surface area contributed by atoms with Crippen molar-refractivity contribution >= 4 is 0 Å². The number of benzene rings is 1. The Morgan fingerprint density at radius 1 is 1.03 bits per heavy atom. The topological polar surface area (TPSA) is 53.5 Å². The Morgan fingerprint density at radius 2 is 1.79 bits per heavy atom. The molecule has 2 heterocycles. The van der Waals surface area contributed by atoms with Gasteiger partial charge in [-0.1, -0.05) is 50.9 Å². The zero-order chi connectivity index (χ0) is 23.1. The van der Waals surface area contributed by atoms with Crippen LogP contribution in [0.4, 0.5) is 0 Å². The van der Waals surface area contributed by atoms with E-state index < -0.39 is 0 Å². The van der Waals surface area contributed by atoms with Crippen molar-refractivity contribution in [2.45, 2.75) is 90.4 Å². The number of ether oxygens (including phenoxy) is 3. The number of hydrogen-bond acceptors (Lipinski definition) is 5. The SMILES string of the molecule is CCCCCCCCOc1cnc(-c2ccc(C#CCC(C)OC3CCCCO3)cc2)nc1. The van der Waals surface area contributed by atoms with Gasteiger partial charge in [0, 0.05) is 24.2 Å². The quantitative estimate of drug-likeness (QED) is 0.271. The molecule has 0 saturated carbocycles. The molecule has 1 aromatic carbocycles. The third-order valence-electron chi connectivity index (χ3n) is 5.68. The lowest BCUT2D eigenvalue weighted by atomic mass is 10.1. The first-order valence-corrected chi connectivity index (χ1v) is 12.6. The predicted octanol–water partition coefficient (Wildman–Crippen LogP) is 6.56. The summed E-state index contributed by atoms with van der Waals surface area (Å²) in [6.45, 7) is 5.81. The largest absolute Gasteiger partial charge is 0.490 e. The van der Waals surface area contributed by atoms with Crippen LogP contribution in [-0.2, 0) is 9.47 Å². The number of unbranched alkanes of at least 4 members (excludes halogenated alkanes) is 5. The van der Waals surface area contributed by atoms with Gasteiger partial charge in [0.15, 0.2) is 17.9 Å². The van der Waals surface area contributed by atoms with Gasteiger partial charge in [-0.05, 0) is 56.9 Å². The Kier molecular flexibility index (Phi) is 11.2. The van der Waals surface area contributed by atoms with Crippen LogP contribution in [0.1, 0.15) is 83.6 Å². The first kappa shape index (κ1) is 25.2. The van der Waals surface area contributed by atoms with E-state index in [0.717, 1.165) is 49.4 Å². The maximum Gasteiger partial charge on any atom is 0.159 e. The molecule has 3 rings (SSSR count). The zero-order valence-electron chi connectivity index (χ0n) is 20.2. The molecule has 2 atom stereocenters. The molecule has 5 heteroatoms. The van der Waals surface area contributed by atoms with E-state index in [2.05, 4.69) is 28.7 Å². The van der Waals surface area contributed by atoms with Gasteiger partial charge in [-0.25, -0.2) is 9.97 Å². The van der Waals surface area contributed by atoms with Crippen LogP contribution >= 0.6 is 0 Å². The van der Waals surface area contributed by atoms with Crippen LogP contribution < -0.4 is 4.74 Å². The van der Waals surface area contributed by atoms with E-state index in [9.17, 15) is 0 Å². The first-order valence-electron chi connectivity index (χ1n) is 12.6. The number of aromatic nitrogens is 2. The Hall–Kier alpha value is -2.42. The van der Waals surface area contributed by atoms with Gasteiger partial charge in [0.2, 0.25) is 0 Å². The van der Waals surface area contributed by atoms with Crippen molar-refractivity contribution in [1.29, 1.82) is 0 Å². The third-order valence-corrected chi connectivity index (χ3v) is 5.68. The highest BCUT2D eigenvalue weighted by molar-refractivity contribution is 5.56. The molecule has 1 aliphatic heterocycles. The van der Waals surface area contributed by atoms with Crippen LogP contribution in [-0.4, -0.2) is 35.6 Å². The lowest BCUT2D eigenvalue weighted by Gasteiger charge is -2.25. The van der Waals surface area contributed by atoms with Crippen LogP contribution in [0.3, 0.4) is 0 Å². The van der Waals surface area contributed by atoms with E-state index in [1.807, 2.05) is 31.2 Å². The molecule has 2 aromatic rings. The van der Waals surface area contributed by atoms with Gasteiger partial charge in [0.25, 0.3) is 0 Å². The molecule has 0 amide bonds. The lowest BCUT2D eigenvalue weighted by Crippen LogP contribution is -2.26. The molecule has 1 aromatic heterocycles. The summed E-state index contributed by atoms with van der Waals surface area (Å²) in [5, 5.41) is 0. The molecule has 5 nitrogen and oxygen atoms in total. The summed E-state index contributed by atoms with van der Waals surface area (Å²) in [4.78, 5) is 8.92. The van der Waals surface area contributed by atoms with Crippen molar-refractivity contribution < 1.29 is 14.2 Å². The second-order valence-corrected chi connectivity index (χ2v) is 8.68. The Balaban J connectivity index is 1.40. The van der Waals surface area contributed by atoms with Crippen LogP contribution in [0.5, 0.6) is 5.75 Å². The molecule has 0 N–H and O–H groups in total. The van der Waals surface area contributed by atoms with E-state index in [1.165, 1.54) is 38.5 Å². The summed E-state index contributed by atoms with van der Waals surface area (Å²) in [6.07, 6.45) is 15.0. The summed E-state index contributed by atoms with van der Waals surface area (Å²) >= 11 is 0. The summed E-state index contributed by atoms with van der Waals surface area (Å²) in [7, 11) is 0. The molecule has 1 fully saturated rings. The van der Waals surface area contributed by atoms with E-state index in [-0.39, 0.29) is 12.4 Å². The van der Waals surface area contributed by atoms with E-state index >= 15 is 0 Å². The van der Waals surface area contributed by atoms with Crippen molar-refractivity contribution in [3.63, 3.8) is 0 Å². The summed E-state index contributed by atoms with van der Waals surface area (Å²) in [6, 6.07) is 8.02. The molecule has 0 bridgehead atoms. The van der Waals surface area contributed by atoms with Crippen LogP contribution in [0, 0.1) is 11.8 Å². The van der Waals surface area contributed by atoms with Crippen LogP contribution in [0.15, 0.2) is 36.7 Å². The van der Waals surface area contributed by atoms with E-state index in [0.29, 0.717) is 12.2 Å². The Labute approximate surface area is 199 Å². The Morgan fingerprint density at radius 3 is 2.52 bits per heavy atom. The minimum absolute atomic E-state index is 0.0649. The minimum Gasteiger partial charge on any atom is -0.490 e. The maximum absolute atomic E-state index is 5.91. The fraction of sp³-hybridized carbons (Fsp3) is 0.571. The average Bonchev–Trinajstić information content (AvgIpc) is 2.85. The maximum atomic E-state index is 5.91. The van der Waals surface area contributed by atoms with Gasteiger partial charge < -0.3 is 14.2 Å². The molecule has 178 valence electrons. The van der Waals surface area contributed by atoms with Crippen molar-refractivity contribution in [2.75, 3.05) is 13.2 Å². The normalized spacial score (nSPS) is 16.6. The summed E-state index contributed by atoms with van der Waals surface area (Å²) < 4.78 is 17.3. The second-order valence-electron chi connectivity index (χ2n) is 8.68. The molecule has 1 saturated heterocycles. The molecular weight excluding hydrogens is 412 g/mol. The van der Waals surface area contributed by atoms with Gasteiger partial charge in [-0.15, -0.1) is 0 Å². The minimum atomic E-state index is -0.0674. The molecule has 0 radical (unpaired) electrons. The van der Waals surface area contributed by atoms with Crippen LogP contribution in [0.2, 0.25) is 0 Å². The third kappa shape index (κ3) is 9.53. The smallest absolute Gasteiger partial charge is 0.159 e. The van der Waals surface area contributed by atoms with Gasteiger partial charge in [0.05, 0.1) is 25.1 Å². The molecule has 1 aliphatic rings. The summed E-state index contributed by atoms with van der Waals surface area (Å²) in [5.41, 5.74) is 1.94. The lowest BCUT2D eigenvalue weighted by molar-refractivity contribution is -0.183. The monoisotopic (exact) mass is 450 g/mol. The van der Waals surface area contributed by atoms with Crippen molar-refractivity contribution in [3.8, 4) is 29.0 Å². The van der Waals surface area contributed by atoms with Crippen molar-refractivity contribution in [2.24, 2.45) is 0 Å². The number of hydrogen-bond donors (Lipinski definition) is 0. The standard InChI is InChI=1S/C28H38N2O3/c1-3-4-5-6-7-9-19-31-26-21-29-28(30-22-26)25-17-15-24(16-18-25)13-11-12-23(2)33-27-14-8-10-20-32-27/h15-18,21-23,27H,3-10,12,14,19-20H2,1-2H3. The average molecular weight is 451 g/mol. The van der Waals surface area contributed by atoms with E-state index in [4.69, 9.17) is 14.2 Å². The zero-order valence-corrected chi connectivity index (χ0v) is 20.2. The van der Waals surface area contributed by atoms with E-state index in [1.54, 1.807) is 12.4 Å². The first-order chi connectivity index (χ1) is 16.2. The molecular formula is C28H38N2O3.